The van der Waals surface area contributed by atoms with Gasteiger partial charge in [-0.1, -0.05) is 55.3 Å². The maximum Gasteiger partial charge on any atom is 0.119 e. The molecule has 0 radical (unpaired) electrons. The number of methoxy groups -OCH3 is 1. The van der Waals surface area contributed by atoms with E-state index in [0.29, 0.717) is 6.54 Å². The number of halogens is 1. The fraction of sp³-hybridized carbons (Fsp3) is 0.375. The summed E-state index contributed by atoms with van der Waals surface area (Å²) < 4.78 is 7.88. The molecule has 6 heteroatoms. The summed E-state index contributed by atoms with van der Waals surface area (Å²) in [5.74, 6) is 0.846. The van der Waals surface area contributed by atoms with Crippen molar-refractivity contribution >= 4 is 22.5 Å². The summed E-state index contributed by atoms with van der Waals surface area (Å²) in [5, 5.41) is 2.16. The Bertz CT molecular complexity index is 1370. The minimum absolute atomic E-state index is 0.479. The van der Waals surface area contributed by atoms with Crippen molar-refractivity contribution in [2.75, 3.05) is 33.3 Å². The van der Waals surface area contributed by atoms with Gasteiger partial charge in [0.2, 0.25) is 0 Å². The number of aryl methyl sites for hydroxylation is 1. The van der Waals surface area contributed by atoms with E-state index < -0.39 is 0 Å². The second-order valence-corrected chi connectivity index (χ2v) is 10.7. The lowest BCUT2D eigenvalue weighted by Gasteiger charge is -2.35. The van der Waals surface area contributed by atoms with E-state index in [9.17, 15) is 0 Å². The van der Waals surface area contributed by atoms with Crippen LogP contribution in [0.1, 0.15) is 36.5 Å². The molecule has 0 bridgehead atoms. The molecule has 0 spiro atoms. The SMILES string of the molecule is CCCCn1cc(-c2ccc(OC)cc2CN)c2cc(CN3CCN(Cc4ccccc4Cl)CC3)ccc21. The quantitative estimate of drug-likeness (QED) is 0.252. The van der Waals surface area contributed by atoms with Crippen LogP contribution in [0.15, 0.2) is 66.9 Å². The maximum absolute atomic E-state index is 6.40. The van der Waals surface area contributed by atoms with Crippen LogP contribution in [-0.4, -0.2) is 47.7 Å². The molecular weight excluding hydrogens is 492 g/mol. The molecule has 5 rings (SSSR count). The number of piperazine rings is 1. The van der Waals surface area contributed by atoms with Gasteiger partial charge in [-0.2, -0.15) is 0 Å². The van der Waals surface area contributed by atoms with Crippen LogP contribution in [0.25, 0.3) is 22.0 Å². The smallest absolute Gasteiger partial charge is 0.119 e. The van der Waals surface area contributed by atoms with Crippen LogP contribution in [0, 0.1) is 0 Å². The van der Waals surface area contributed by atoms with Crippen molar-refractivity contribution in [3.05, 3.63) is 88.6 Å². The van der Waals surface area contributed by atoms with Gasteiger partial charge in [0, 0.05) is 80.0 Å². The molecule has 0 amide bonds. The predicted octanol–water partition coefficient (Wildman–Crippen LogP) is 6.55. The fourth-order valence-corrected chi connectivity index (χ4v) is 5.73. The van der Waals surface area contributed by atoms with Crippen molar-refractivity contribution in [1.29, 1.82) is 0 Å². The zero-order chi connectivity index (χ0) is 26.5. The average molecular weight is 531 g/mol. The monoisotopic (exact) mass is 530 g/mol. The number of nitrogens with two attached hydrogens (primary N) is 1. The molecule has 3 aromatic carbocycles. The number of aromatic nitrogens is 1. The highest BCUT2D eigenvalue weighted by Crippen LogP contribution is 2.35. The molecule has 0 unspecified atom stereocenters. The summed E-state index contributed by atoms with van der Waals surface area (Å²) in [6.45, 7) is 9.84. The second-order valence-electron chi connectivity index (χ2n) is 10.3. The molecule has 1 aliphatic heterocycles. The van der Waals surface area contributed by atoms with Crippen LogP contribution >= 0.6 is 11.6 Å². The van der Waals surface area contributed by atoms with Gasteiger partial charge in [0.1, 0.15) is 5.75 Å². The Labute approximate surface area is 231 Å². The Morgan fingerprint density at radius 3 is 2.34 bits per heavy atom. The van der Waals surface area contributed by atoms with Crippen molar-refractivity contribution in [3.63, 3.8) is 0 Å². The van der Waals surface area contributed by atoms with E-state index in [2.05, 4.69) is 70.0 Å². The Kier molecular flexibility index (Phi) is 8.70. The van der Waals surface area contributed by atoms with E-state index in [-0.39, 0.29) is 0 Å². The van der Waals surface area contributed by atoms with E-state index in [0.717, 1.165) is 68.6 Å². The number of unbranched alkanes of at least 4 members (excludes halogenated alkanes) is 1. The summed E-state index contributed by atoms with van der Waals surface area (Å²) >= 11 is 6.40. The zero-order valence-corrected chi connectivity index (χ0v) is 23.4. The summed E-state index contributed by atoms with van der Waals surface area (Å²) in [4.78, 5) is 5.07. The second kappa shape index (κ2) is 12.4. The molecule has 2 heterocycles. The molecule has 0 atom stereocenters. The topological polar surface area (TPSA) is 46.7 Å². The van der Waals surface area contributed by atoms with Crippen molar-refractivity contribution < 1.29 is 4.74 Å². The molecule has 5 nitrogen and oxygen atoms in total. The lowest BCUT2D eigenvalue weighted by Crippen LogP contribution is -2.45. The molecule has 1 saturated heterocycles. The Morgan fingerprint density at radius 1 is 0.868 bits per heavy atom. The highest BCUT2D eigenvalue weighted by molar-refractivity contribution is 6.31. The van der Waals surface area contributed by atoms with Gasteiger partial charge in [-0.25, -0.2) is 0 Å². The van der Waals surface area contributed by atoms with Gasteiger partial charge >= 0.3 is 0 Å². The predicted molar refractivity (Wildman–Crippen MR) is 159 cm³/mol. The Balaban J connectivity index is 1.36. The Hall–Kier alpha value is -2.83. The highest BCUT2D eigenvalue weighted by atomic mass is 35.5. The first-order valence-electron chi connectivity index (χ1n) is 13.8. The molecular formula is C32H39ClN4O. The number of benzene rings is 3. The molecule has 1 aromatic heterocycles. The maximum atomic E-state index is 6.40. The van der Waals surface area contributed by atoms with Gasteiger partial charge in [0.15, 0.2) is 0 Å². The van der Waals surface area contributed by atoms with Gasteiger partial charge in [-0.15, -0.1) is 0 Å². The first kappa shape index (κ1) is 26.8. The van der Waals surface area contributed by atoms with Crippen LogP contribution in [0.2, 0.25) is 5.02 Å². The third-order valence-electron chi connectivity index (χ3n) is 7.74. The van der Waals surface area contributed by atoms with Crippen LogP contribution in [0.5, 0.6) is 5.75 Å². The third kappa shape index (κ3) is 5.92. The summed E-state index contributed by atoms with van der Waals surface area (Å²) in [6.07, 6.45) is 4.65. The fourth-order valence-electron chi connectivity index (χ4n) is 5.53. The summed E-state index contributed by atoms with van der Waals surface area (Å²) in [6, 6.07) is 21.5. The van der Waals surface area contributed by atoms with E-state index in [1.165, 1.54) is 39.6 Å². The first-order valence-corrected chi connectivity index (χ1v) is 14.1. The summed E-state index contributed by atoms with van der Waals surface area (Å²) in [7, 11) is 1.70. The Morgan fingerprint density at radius 2 is 1.63 bits per heavy atom. The van der Waals surface area contributed by atoms with Crippen LogP contribution in [0.4, 0.5) is 0 Å². The standard InChI is InChI=1S/C32H39ClN4O/c1-3-4-13-37-23-30(28-11-10-27(38-2)19-26(28)20-34)29-18-24(9-12-32(29)37)21-35-14-16-36(17-15-35)22-25-7-5-6-8-31(25)33/h5-12,18-19,23H,3-4,13-17,20-22,34H2,1-2H3. The van der Waals surface area contributed by atoms with Crippen LogP contribution < -0.4 is 10.5 Å². The number of nitrogens with zero attached hydrogens (tertiary/aromatic N) is 3. The van der Waals surface area contributed by atoms with Gasteiger partial charge < -0.3 is 15.0 Å². The zero-order valence-electron chi connectivity index (χ0n) is 22.6. The van der Waals surface area contributed by atoms with E-state index in [1.54, 1.807) is 7.11 Å². The number of fused-ring (bicyclic) bond motifs is 1. The van der Waals surface area contributed by atoms with E-state index in [4.69, 9.17) is 22.1 Å². The largest absolute Gasteiger partial charge is 0.497 e. The van der Waals surface area contributed by atoms with Crippen molar-refractivity contribution in [3.8, 4) is 16.9 Å². The van der Waals surface area contributed by atoms with E-state index in [1.807, 2.05) is 18.2 Å². The number of hydrogen-bond donors (Lipinski definition) is 1. The number of ether oxygens (including phenoxy) is 1. The van der Waals surface area contributed by atoms with Crippen molar-refractivity contribution in [2.45, 2.75) is 45.9 Å². The van der Waals surface area contributed by atoms with Crippen molar-refractivity contribution in [1.82, 2.24) is 14.4 Å². The molecule has 4 aromatic rings. The number of rotatable bonds is 10. The molecule has 38 heavy (non-hydrogen) atoms. The molecule has 0 saturated carbocycles. The lowest BCUT2D eigenvalue weighted by molar-refractivity contribution is 0.122. The minimum Gasteiger partial charge on any atom is -0.497 e. The highest BCUT2D eigenvalue weighted by Gasteiger charge is 2.19. The first-order chi connectivity index (χ1) is 18.6. The minimum atomic E-state index is 0.479. The molecule has 1 aliphatic rings. The van der Waals surface area contributed by atoms with Gasteiger partial charge in [0.05, 0.1) is 7.11 Å². The van der Waals surface area contributed by atoms with Gasteiger partial charge in [0.25, 0.3) is 0 Å². The normalized spacial score (nSPS) is 14.8. The molecule has 2 N–H and O–H groups in total. The van der Waals surface area contributed by atoms with Crippen molar-refractivity contribution in [2.24, 2.45) is 5.73 Å². The molecule has 0 aliphatic carbocycles. The average Bonchev–Trinajstić information content (AvgIpc) is 3.31. The number of hydrogen-bond acceptors (Lipinski definition) is 4. The lowest BCUT2D eigenvalue weighted by atomic mass is 9.98. The van der Waals surface area contributed by atoms with Gasteiger partial charge in [-0.05, 0) is 59.0 Å². The molecule has 200 valence electrons. The van der Waals surface area contributed by atoms with Crippen LogP contribution in [-0.2, 0) is 26.2 Å². The molecule has 1 fully saturated rings. The van der Waals surface area contributed by atoms with Crippen LogP contribution in [0.3, 0.4) is 0 Å². The van der Waals surface area contributed by atoms with E-state index >= 15 is 0 Å². The third-order valence-corrected chi connectivity index (χ3v) is 8.11. The van der Waals surface area contributed by atoms with Gasteiger partial charge in [-0.3, -0.25) is 9.80 Å². The summed E-state index contributed by atoms with van der Waals surface area (Å²) in [5.41, 5.74) is 13.6.